The molecule has 0 spiro atoms. The van der Waals surface area contributed by atoms with Gasteiger partial charge in [0.05, 0.1) is 0 Å². The molecule has 6 heteroatoms. The Morgan fingerprint density at radius 2 is 1.71 bits per heavy atom. The summed E-state index contributed by atoms with van der Waals surface area (Å²) in [6, 6.07) is 17.1. The summed E-state index contributed by atoms with van der Waals surface area (Å²) in [5.74, 6) is -0.770. The van der Waals surface area contributed by atoms with Crippen LogP contribution >= 0.6 is 0 Å². The summed E-state index contributed by atoms with van der Waals surface area (Å²) in [4.78, 5) is 30.1. The smallest absolute Gasteiger partial charge is 0.363 e. The maximum atomic E-state index is 12.3. The molecule has 1 aliphatic rings. The summed E-state index contributed by atoms with van der Waals surface area (Å²) >= 11 is 0. The number of rotatable bonds is 5. The third-order valence-corrected chi connectivity index (χ3v) is 3.99. The molecule has 6 nitrogen and oxygen atoms in total. The van der Waals surface area contributed by atoms with Crippen LogP contribution < -0.4 is 10.2 Å². The van der Waals surface area contributed by atoms with Crippen molar-refractivity contribution in [1.82, 2.24) is 5.32 Å². The summed E-state index contributed by atoms with van der Waals surface area (Å²) in [5, 5.41) is 2.68. The molecular weight excluding hydrogens is 354 g/mol. The molecule has 142 valence electrons. The van der Waals surface area contributed by atoms with Gasteiger partial charge in [0.2, 0.25) is 11.8 Å². The van der Waals surface area contributed by atoms with Crippen LogP contribution in [0, 0.1) is 0 Å². The third kappa shape index (κ3) is 4.73. The molecule has 0 fully saturated rings. The summed E-state index contributed by atoms with van der Waals surface area (Å²) < 4.78 is 5.29. The molecular formula is C22H21N3O3. The largest absolute Gasteiger partial charge is 0.400 e. The van der Waals surface area contributed by atoms with E-state index in [1.807, 2.05) is 73.6 Å². The standard InChI is InChI=1S/C22H21N3O3/c1-15(26)23-19(13-16-7-5-4-6-8-16)21-24-20(22(27)28-21)14-17-9-11-18(12-10-17)25(2)3/h4-14H,1-3H3,(H,23,26). The number of anilines is 1. The minimum atomic E-state index is -0.559. The second kappa shape index (κ2) is 8.35. The molecule has 0 bridgehead atoms. The highest BCUT2D eigenvalue weighted by Gasteiger charge is 2.26. The van der Waals surface area contributed by atoms with E-state index in [4.69, 9.17) is 4.74 Å². The van der Waals surface area contributed by atoms with Gasteiger partial charge in [-0.2, -0.15) is 0 Å². The van der Waals surface area contributed by atoms with Crippen molar-refractivity contribution in [2.45, 2.75) is 6.92 Å². The quantitative estimate of drug-likeness (QED) is 0.643. The number of hydrogen-bond acceptors (Lipinski definition) is 5. The van der Waals surface area contributed by atoms with Crippen LogP contribution in [0.5, 0.6) is 0 Å². The zero-order valence-electron chi connectivity index (χ0n) is 16.0. The van der Waals surface area contributed by atoms with Crippen molar-refractivity contribution in [1.29, 1.82) is 0 Å². The highest BCUT2D eigenvalue weighted by Crippen LogP contribution is 2.21. The molecule has 0 aliphatic carbocycles. The lowest BCUT2D eigenvalue weighted by atomic mass is 10.1. The Hall–Kier alpha value is -3.67. The number of aliphatic imine (C=N–C) groups is 1. The van der Waals surface area contributed by atoms with Crippen molar-refractivity contribution in [3.63, 3.8) is 0 Å². The van der Waals surface area contributed by atoms with Gasteiger partial charge in [0.1, 0.15) is 5.70 Å². The number of hydrogen-bond donors (Lipinski definition) is 1. The molecule has 0 saturated carbocycles. The number of ether oxygens (including phenoxy) is 1. The lowest BCUT2D eigenvalue weighted by molar-refractivity contribution is -0.130. The topological polar surface area (TPSA) is 71.0 Å². The van der Waals surface area contributed by atoms with Gasteiger partial charge in [-0.3, -0.25) is 4.79 Å². The number of carbonyl (C=O) groups excluding carboxylic acids is 2. The minimum Gasteiger partial charge on any atom is -0.400 e. The Balaban J connectivity index is 1.91. The summed E-state index contributed by atoms with van der Waals surface area (Å²) in [6.07, 6.45) is 3.37. The SMILES string of the molecule is CC(=O)NC(=Cc1ccccc1)C1=NC(=Cc2ccc(N(C)C)cc2)C(=O)O1. The Kier molecular flexibility index (Phi) is 5.69. The first kappa shape index (κ1) is 19.1. The maximum absolute atomic E-state index is 12.3. The van der Waals surface area contributed by atoms with Gasteiger partial charge in [-0.25, -0.2) is 9.79 Å². The first-order valence-corrected chi connectivity index (χ1v) is 8.77. The molecule has 2 aromatic carbocycles. The highest BCUT2D eigenvalue weighted by molar-refractivity contribution is 6.15. The number of nitrogens with zero attached hydrogens (tertiary/aromatic N) is 2. The molecule has 1 N–H and O–H groups in total. The van der Waals surface area contributed by atoms with Crippen molar-refractivity contribution in [2.24, 2.45) is 4.99 Å². The van der Waals surface area contributed by atoms with Crippen LogP contribution in [-0.2, 0) is 14.3 Å². The van der Waals surface area contributed by atoms with Crippen molar-refractivity contribution in [3.8, 4) is 0 Å². The molecule has 2 aromatic rings. The monoisotopic (exact) mass is 375 g/mol. The number of cyclic esters (lactones) is 1. The zero-order chi connectivity index (χ0) is 20.1. The number of amides is 1. The fourth-order valence-corrected chi connectivity index (χ4v) is 2.61. The number of benzene rings is 2. The van der Waals surface area contributed by atoms with E-state index in [1.165, 1.54) is 6.92 Å². The van der Waals surface area contributed by atoms with E-state index in [9.17, 15) is 9.59 Å². The summed E-state index contributed by atoms with van der Waals surface area (Å²) in [5.41, 5.74) is 3.24. The lowest BCUT2D eigenvalue weighted by Gasteiger charge is -2.11. The second-order valence-corrected chi connectivity index (χ2v) is 6.47. The average molecular weight is 375 g/mol. The summed E-state index contributed by atoms with van der Waals surface area (Å²) in [6.45, 7) is 1.39. The molecule has 0 radical (unpaired) electrons. The predicted molar refractivity (Wildman–Crippen MR) is 111 cm³/mol. The van der Waals surface area contributed by atoms with Crippen LogP contribution in [0.3, 0.4) is 0 Å². The van der Waals surface area contributed by atoms with Gasteiger partial charge in [0, 0.05) is 26.7 Å². The van der Waals surface area contributed by atoms with Gasteiger partial charge in [0.15, 0.2) is 5.70 Å². The maximum Gasteiger partial charge on any atom is 0.363 e. The van der Waals surface area contributed by atoms with Gasteiger partial charge < -0.3 is 15.0 Å². The number of esters is 1. The van der Waals surface area contributed by atoms with Gasteiger partial charge in [-0.1, -0.05) is 42.5 Å². The van der Waals surface area contributed by atoms with E-state index < -0.39 is 5.97 Å². The molecule has 1 amide bonds. The fourth-order valence-electron chi connectivity index (χ4n) is 2.61. The Morgan fingerprint density at radius 1 is 1.04 bits per heavy atom. The van der Waals surface area contributed by atoms with E-state index in [2.05, 4.69) is 10.3 Å². The Bertz CT molecular complexity index is 972. The molecule has 28 heavy (non-hydrogen) atoms. The van der Waals surface area contributed by atoms with Crippen molar-refractivity contribution in [3.05, 3.63) is 77.1 Å². The number of nitrogens with one attached hydrogen (secondary N) is 1. The van der Waals surface area contributed by atoms with Gasteiger partial charge in [-0.05, 0) is 35.4 Å². The Morgan fingerprint density at radius 3 is 2.32 bits per heavy atom. The van der Waals surface area contributed by atoms with E-state index in [1.54, 1.807) is 12.2 Å². The zero-order valence-corrected chi connectivity index (χ0v) is 16.0. The predicted octanol–water partition coefficient (Wildman–Crippen LogP) is 3.23. The van der Waals surface area contributed by atoms with Crippen molar-refractivity contribution >= 4 is 35.6 Å². The van der Waals surface area contributed by atoms with Crippen molar-refractivity contribution < 1.29 is 14.3 Å². The van der Waals surface area contributed by atoms with Crippen LogP contribution in [0.25, 0.3) is 12.2 Å². The molecule has 1 aliphatic heterocycles. The van der Waals surface area contributed by atoms with E-state index in [-0.39, 0.29) is 17.5 Å². The molecule has 0 saturated heterocycles. The molecule has 1 heterocycles. The van der Waals surface area contributed by atoms with Crippen LogP contribution in [0.4, 0.5) is 5.69 Å². The molecule has 0 atom stereocenters. The molecule has 3 rings (SSSR count). The van der Waals surface area contributed by atoms with Crippen LogP contribution in [0.15, 0.2) is 71.0 Å². The number of carbonyl (C=O) groups is 2. The molecule has 0 aromatic heterocycles. The van der Waals surface area contributed by atoms with Crippen molar-refractivity contribution in [2.75, 3.05) is 19.0 Å². The van der Waals surface area contributed by atoms with E-state index in [0.717, 1.165) is 16.8 Å². The van der Waals surface area contributed by atoms with E-state index in [0.29, 0.717) is 5.70 Å². The minimum absolute atomic E-state index is 0.0696. The van der Waals surface area contributed by atoms with Crippen LogP contribution in [0.2, 0.25) is 0 Å². The first-order valence-electron chi connectivity index (χ1n) is 8.77. The average Bonchev–Trinajstić information content (AvgIpc) is 3.03. The van der Waals surface area contributed by atoms with Gasteiger partial charge in [-0.15, -0.1) is 0 Å². The first-order chi connectivity index (χ1) is 13.4. The second-order valence-electron chi connectivity index (χ2n) is 6.47. The normalized spacial score (nSPS) is 15.2. The highest BCUT2D eigenvalue weighted by atomic mass is 16.6. The van der Waals surface area contributed by atoms with Crippen LogP contribution in [0.1, 0.15) is 18.1 Å². The molecule has 0 unspecified atom stereocenters. The van der Waals surface area contributed by atoms with Crippen LogP contribution in [-0.4, -0.2) is 31.9 Å². The van der Waals surface area contributed by atoms with E-state index >= 15 is 0 Å². The third-order valence-electron chi connectivity index (χ3n) is 3.99. The lowest BCUT2D eigenvalue weighted by Crippen LogP contribution is -2.25. The summed E-state index contributed by atoms with van der Waals surface area (Å²) in [7, 11) is 3.92. The Labute approximate surface area is 163 Å². The van der Waals surface area contributed by atoms with Gasteiger partial charge in [0.25, 0.3) is 0 Å². The fraction of sp³-hybridized carbons (Fsp3) is 0.136. The van der Waals surface area contributed by atoms with Gasteiger partial charge >= 0.3 is 5.97 Å².